The van der Waals surface area contributed by atoms with Crippen molar-refractivity contribution in [1.29, 1.82) is 0 Å². The minimum absolute atomic E-state index is 0.0757. The quantitative estimate of drug-likeness (QED) is 0.556. The summed E-state index contributed by atoms with van der Waals surface area (Å²) in [7, 11) is -1.84. The van der Waals surface area contributed by atoms with Crippen LogP contribution in [-0.4, -0.2) is 47.5 Å². The molecule has 2 heterocycles. The summed E-state index contributed by atoms with van der Waals surface area (Å²) in [6.45, 7) is 4.31. The molecule has 1 aliphatic heterocycles. The zero-order chi connectivity index (χ0) is 19.6. The van der Waals surface area contributed by atoms with Crippen LogP contribution in [0.15, 0.2) is 52.2 Å². The first-order valence-corrected chi connectivity index (χ1v) is 9.91. The topological polar surface area (TPSA) is 93.9 Å². The lowest BCUT2D eigenvalue weighted by Crippen LogP contribution is -2.30. The largest absolute Gasteiger partial charge is 0.402 e. The summed E-state index contributed by atoms with van der Waals surface area (Å²) in [5.41, 5.74) is 1.27. The van der Waals surface area contributed by atoms with Crippen molar-refractivity contribution < 1.29 is 17.9 Å². The van der Waals surface area contributed by atoms with E-state index in [2.05, 4.69) is 10.1 Å². The lowest BCUT2D eigenvalue weighted by atomic mass is 10.2. The van der Waals surface area contributed by atoms with Gasteiger partial charge in [0.15, 0.2) is 5.70 Å². The number of aryl methyl sites for hydroxylation is 1. The van der Waals surface area contributed by atoms with Gasteiger partial charge in [-0.05, 0) is 24.3 Å². The van der Waals surface area contributed by atoms with Gasteiger partial charge < -0.3 is 4.74 Å². The fourth-order valence-electron chi connectivity index (χ4n) is 2.71. The second-order valence-electron chi connectivity index (χ2n) is 5.90. The molecule has 0 radical (unpaired) electrons. The van der Waals surface area contributed by atoms with Crippen LogP contribution in [0, 0.1) is 0 Å². The molecule has 9 heteroatoms. The second kappa shape index (κ2) is 7.45. The number of carbonyl (C=O) groups is 1. The smallest absolute Gasteiger partial charge is 0.363 e. The highest BCUT2D eigenvalue weighted by Crippen LogP contribution is 2.22. The van der Waals surface area contributed by atoms with E-state index < -0.39 is 16.0 Å². The van der Waals surface area contributed by atoms with Crippen molar-refractivity contribution in [3.8, 4) is 0 Å². The minimum atomic E-state index is -3.61. The van der Waals surface area contributed by atoms with Gasteiger partial charge in [0.05, 0.1) is 11.1 Å². The number of rotatable bonds is 6. The molecule has 0 atom stereocenters. The van der Waals surface area contributed by atoms with E-state index in [0.29, 0.717) is 24.2 Å². The molecule has 0 aliphatic carbocycles. The number of esters is 1. The number of nitrogens with zero attached hydrogens (tertiary/aromatic N) is 4. The highest BCUT2D eigenvalue weighted by Gasteiger charge is 2.27. The van der Waals surface area contributed by atoms with Gasteiger partial charge in [0.2, 0.25) is 15.9 Å². The fraction of sp³-hybridized carbons (Fsp3) is 0.278. The molecular weight excluding hydrogens is 368 g/mol. The van der Waals surface area contributed by atoms with Crippen LogP contribution in [0.25, 0.3) is 6.08 Å². The highest BCUT2D eigenvalue weighted by atomic mass is 32.2. The Morgan fingerprint density at radius 2 is 2.00 bits per heavy atom. The third-order valence-corrected chi connectivity index (χ3v) is 6.12. The number of sulfonamides is 1. The van der Waals surface area contributed by atoms with Crippen molar-refractivity contribution >= 4 is 28.0 Å². The molecule has 1 aromatic carbocycles. The van der Waals surface area contributed by atoms with E-state index >= 15 is 0 Å². The molecular formula is C18H20N4O4S. The predicted molar refractivity (Wildman–Crippen MR) is 100 cm³/mol. The third-order valence-electron chi connectivity index (χ3n) is 4.07. The van der Waals surface area contributed by atoms with Crippen LogP contribution >= 0.6 is 0 Å². The molecule has 1 aromatic heterocycles. The first kappa shape index (κ1) is 19.0. The summed E-state index contributed by atoms with van der Waals surface area (Å²) >= 11 is 0. The van der Waals surface area contributed by atoms with Crippen LogP contribution in [0.5, 0.6) is 0 Å². The molecule has 0 fully saturated rings. The van der Waals surface area contributed by atoms with E-state index in [0.717, 1.165) is 0 Å². The Morgan fingerprint density at radius 3 is 2.63 bits per heavy atom. The molecule has 2 aromatic rings. The average molecular weight is 388 g/mol. The predicted octanol–water partition coefficient (Wildman–Crippen LogP) is 1.80. The van der Waals surface area contributed by atoms with E-state index in [1.54, 1.807) is 56.2 Å². The molecule has 3 rings (SSSR count). The van der Waals surface area contributed by atoms with Gasteiger partial charge in [0.1, 0.15) is 0 Å². The van der Waals surface area contributed by atoms with Gasteiger partial charge in [-0.25, -0.2) is 18.2 Å². The van der Waals surface area contributed by atoms with Crippen molar-refractivity contribution in [3.05, 3.63) is 53.5 Å². The molecule has 27 heavy (non-hydrogen) atoms. The van der Waals surface area contributed by atoms with Gasteiger partial charge in [-0.2, -0.15) is 9.40 Å². The van der Waals surface area contributed by atoms with E-state index in [1.807, 2.05) is 0 Å². The summed E-state index contributed by atoms with van der Waals surface area (Å²) in [6, 6.07) is 6.24. The lowest BCUT2D eigenvalue weighted by Gasteiger charge is -2.18. The van der Waals surface area contributed by atoms with E-state index in [-0.39, 0.29) is 16.5 Å². The van der Waals surface area contributed by atoms with Crippen LogP contribution < -0.4 is 0 Å². The van der Waals surface area contributed by atoms with Crippen molar-refractivity contribution in [2.24, 2.45) is 12.0 Å². The number of aromatic nitrogens is 2. The SMILES string of the molecule is CCN(CC)S(=O)(=O)c1cccc(C2=NC(=Cc3cnn(C)c3)C(=O)O2)c1. The standard InChI is InChI=1S/C18H20N4O4S/c1-4-22(5-2)27(24,25)15-8-6-7-14(10-15)17-20-16(18(23)26-17)9-13-11-19-21(3)12-13/h6-12H,4-5H2,1-3H3. The second-order valence-corrected chi connectivity index (χ2v) is 7.84. The van der Waals surface area contributed by atoms with E-state index in [1.165, 1.54) is 16.4 Å². The average Bonchev–Trinajstić information content (AvgIpc) is 3.22. The van der Waals surface area contributed by atoms with Gasteiger partial charge in [-0.15, -0.1) is 0 Å². The van der Waals surface area contributed by atoms with Gasteiger partial charge in [-0.3, -0.25) is 4.68 Å². The number of ether oxygens (including phenoxy) is 1. The normalized spacial score (nSPS) is 16.1. The maximum absolute atomic E-state index is 12.7. The Balaban J connectivity index is 1.95. The number of aliphatic imine (C=N–C) groups is 1. The van der Waals surface area contributed by atoms with Crippen LogP contribution in [0.3, 0.4) is 0 Å². The summed E-state index contributed by atoms with van der Waals surface area (Å²) in [5, 5.41) is 4.03. The Hall–Kier alpha value is -2.78. The molecule has 1 aliphatic rings. The number of cyclic esters (lactones) is 1. The Bertz CT molecular complexity index is 1030. The zero-order valence-electron chi connectivity index (χ0n) is 15.3. The van der Waals surface area contributed by atoms with Crippen LogP contribution in [0.2, 0.25) is 0 Å². The molecule has 0 spiro atoms. The number of carbonyl (C=O) groups excluding carboxylic acids is 1. The maximum atomic E-state index is 12.7. The summed E-state index contributed by atoms with van der Waals surface area (Å²) < 4.78 is 33.6. The van der Waals surface area contributed by atoms with Crippen LogP contribution in [-0.2, 0) is 26.6 Å². The number of benzene rings is 1. The molecule has 0 amide bonds. The van der Waals surface area contributed by atoms with Crippen LogP contribution in [0.1, 0.15) is 25.0 Å². The highest BCUT2D eigenvalue weighted by molar-refractivity contribution is 7.89. The molecule has 0 unspecified atom stereocenters. The summed E-state index contributed by atoms with van der Waals surface area (Å²) in [4.78, 5) is 16.4. The van der Waals surface area contributed by atoms with Gasteiger partial charge in [0.25, 0.3) is 0 Å². The van der Waals surface area contributed by atoms with E-state index in [4.69, 9.17) is 4.74 Å². The fourth-order valence-corrected chi connectivity index (χ4v) is 4.21. The Kier molecular flexibility index (Phi) is 5.24. The van der Waals surface area contributed by atoms with Gasteiger partial charge in [-0.1, -0.05) is 19.9 Å². The minimum Gasteiger partial charge on any atom is -0.402 e. The molecule has 0 N–H and O–H groups in total. The van der Waals surface area contributed by atoms with Crippen molar-refractivity contribution in [3.63, 3.8) is 0 Å². The first-order chi connectivity index (χ1) is 12.8. The molecule has 8 nitrogen and oxygen atoms in total. The number of hydrogen-bond acceptors (Lipinski definition) is 6. The lowest BCUT2D eigenvalue weighted by molar-refractivity contribution is -0.129. The molecule has 0 saturated carbocycles. The monoisotopic (exact) mass is 388 g/mol. The van der Waals surface area contributed by atoms with Crippen molar-refractivity contribution in [1.82, 2.24) is 14.1 Å². The number of hydrogen-bond donors (Lipinski definition) is 0. The third kappa shape index (κ3) is 3.83. The van der Waals surface area contributed by atoms with Crippen molar-refractivity contribution in [2.75, 3.05) is 13.1 Å². The molecule has 0 bridgehead atoms. The summed E-state index contributed by atoms with van der Waals surface area (Å²) in [5.74, 6) is -0.516. The first-order valence-electron chi connectivity index (χ1n) is 8.47. The maximum Gasteiger partial charge on any atom is 0.363 e. The van der Waals surface area contributed by atoms with Crippen molar-refractivity contribution in [2.45, 2.75) is 18.7 Å². The van der Waals surface area contributed by atoms with Gasteiger partial charge in [0, 0.05) is 37.5 Å². The van der Waals surface area contributed by atoms with Crippen LogP contribution in [0.4, 0.5) is 0 Å². The van der Waals surface area contributed by atoms with Gasteiger partial charge >= 0.3 is 5.97 Å². The summed E-state index contributed by atoms with van der Waals surface area (Å²) in [6.07, 6.45) is 4.91. The van der Waals surface area contributed by atoms with E-state index in [9.17, 15) is 13.2 Å². The molecule has 0 saturated heterocycles. The Morgan fingerprint density at radius 1 is 1.26 bits per heavy atom. The molecule has 142 valence electrons. The zero-order valence-corrected chi connectivity index (χ0v) is 16.1. The Labute approximate surface area is 157 Å².